The van der Waals surface area contributed by atoms with Crippen molar-refractivity contribution in [3.63, 3.8) is 0 Å². The number of nitrogens with zero attached hydrogens (tertiary/aromatic N) is 1. The second kappa shape index (κ2) is 5.58. The quantitative estimate of drug-likeness (QED) is 0.868. The molecule has 94 valence electrons. The van der Waals surface area contributed by atoms with Gasteiger partial charge in [-0.3, -0.25) is 4.90 Å². The van der Waals surface area contributed by atoms with Gasteiger partial charge in [0.25, 0.3) is 0 Å². The van der Waals surface area contributed by atoms with E-state index < -0.39 is 0 Å². The highest BCUT2D eigenvalue weighted by molar-refractivity contribution is 5.21. The minimum atomic E-state index is -0.281. The molecule has 0 aliphatic carbocycles. The zero-order valence-corrected chi connectivity index (χ0v) is 10.1. The van der Waals surface area contributed by atoms with Crippen molar-refractivity contribution in [1.29, 1.82) is 0 Å². The van der Waals surface area contributed by atoms with Crippen LogP contribution in [0.2, 0.25) is 0 Å². The molecule has 0 bridgehead atoms. The van der Waals surface area contributed by atoms with Gasteiger partial charge in [0.1, 0.15) is 5.82 Å². The van der Waals surface area contributed by atoms with Crippen LogP contribution in [0.5, 0.6) is 0 Å². The van der Waals surface area contributed by atoms with Crippen molar-refractivity contribution >= 4 is 0 Å². The van der Waals surface area contributed by atoms with Crippen LogP contribution in [0.4, 0.5) is 4.39 Å². The molecule has 0 saturated carbocycles. The van der Waals surface area contributed by atoms with E-state index in [-0.39, 0.29) is 11.9 Å². The fourth-order valence-corrected chi connectivity index (χ4v) is 2.16. The largest absolute Gasteiger partial charge is 0.379 e. The van der Waals surface area contributed by atoms with Gasteiger partial charge in [-0.2, -0.15) is 0 Å². The van der Waals surface area contributed by atoms with Crippen molar-refractivity contribution in [1.82, 2.24) is 4.90 Å². The maximum Gasteiger partial charge on any atom is 0.128 e. The zero-order chi connectivity index (χ0) is 12.3. The van der Waals surface area contributed by atoms with Crippen LogP contribution >= 0.6 is 0 Å². The molecular weight excluding hydrogens is 219 g/mol. The SMILES string of the molecule is CC1COCCN1CC(N)c1ccccc1F. The van der Waals surface area contributed by atoms with E-state index in [0.717, 1.165) is 19.8 Å². The van der Waals surface area contributed by atoms with E-state index in [2.05, 4.69) is 11.8 Å². The number of halogens is 1. The van der Waals surface area contributed by atoms with Crippen molar-refractivity contribution < 1.29 is 9.13 Å². The fourth-order valence-electron chi connectivity index (χ4n) is 2.16. The van der Waals surface area contributed by atoms with Crippen LogP contribution in [-0.2, 0) is 4.74 Å². The van der Waals surface area contributed by atoms with E-state index >= 15 is 0 Å². The van der Waals surface area contributed by atoms with Crippen molar-refractivity contribution in [2.24, 2.45) is 5.73 Å². The Morgan fingerprint density at radius 3 is 3.00 bits per heavy atom. The van der Waals surface area contributed by atoms with E-state index in [4.69, 9.17) is 10.5 Å². The number of hydrogen-bond donors (Lipinski definition) is 1. The minimum absolute atomic E-state index is 0.221. The van der Waals surface area contributed by atoms with Crippen molar-refractivity contribution in [2.75, 3.05) is 26.3 Å². The lowest BCUT2D eigenvalue weighted by Crippen LogP contribution is -2.46. The average Bonchev–Trinajstić information content (AvgIpc) is 2.32. The highest BCUT2D eigenvalue weighted by Crippen LogP contribution is 2.17. The summed E-state index contributed by atoms with van der Waals surface area (Å²) in [6.45, 7) is 5.10. The van der Waals surface area contributed by atoms with Gasteiger partial charge >= 0.3 is 0 Å². The monoisotopic (exact) mass is 238 g/mol. The van der Waals surface area contributed by atoms with Gasteiger partial charge < -0.3 is 10.5 Å². The first-order chi connectivity index (χ1) is 8.18. The molecule has 1 fully saturated rings. The zero-order valence-electron chi connectivity index (χ0n) is 10.1. The lowest BCUT2D eigenvalue weighted by molar-refractivity contribution is -0.00292. The summed E-state index contributed by atoms with van der Waals surface area (Å²) < 4.78 is 18.9. The predicted octanol–water partition coefficient (Wildman–Crippen LogP) is 1.55. The average molecular weight is 238 g/mol. The first kappa shape index (κ1) is 12.5. The van der Waals surface area contributed by atoms with Gasteiger partial charge in [0.05, 0.1) is 13.2 Å². The van der Waals surface area contributed by atoms with Crippen molar-refractivity contribution in [2.45, 2.75) is 19.0 Å². The normalized spacial score (nSPS) is 23.6. The molecule has 0 amide bonds. The summed E-state index contributed by atoms with van der Waals surface area (Å²) >= 11 is 0. The lowest BCUT2D eigenvalue weighted by atomic mass is 10.1. The van der Waals surface area contributed by atoms with E-state index in [1.165, 1.54) is 6.07 Å². The maximum absolute atomic E-state index is 13.6. The van der Waals surface area contributed by atoms with Crippen LogP contribution < -0.4 is 5.73 Å². The Balaban J connectivity index is 2.01. The summed E-state index contributed by atoms with van der Waals surface area (Å²) in [6, 6.07) is 6.78. The summed E-state index contributed by atoms with van der Waals surface area (Å²) in [5.74, 6) is -0.221. The molecule has 2 N–H and O–H groups in total. The van der Waals surface area contributed by atoms with Crippen LogP contribution in [0.15, 0.2) is 24.3 Å². The lowest BCUT2D eigenvalue weighted by Gasteiger charge is -2.35. The number of ether oxygens (including phenoxy) is 1. The molecular formula is C13H19FN2O. The molecule has 4 heteroatoms. The second-order valence-corrected chi connectivity index (χ2v) is 4.55. The van der Waals surface area contributed by atoms with E-state index in [1.54, 1.807) is 12.1 Å². The van der Waals surface area contributed by atoms with Crippen molar-refractivity contribution in [3.05, 3.63) is 35.6 Å². The number of nitrogens with two attached hydrogens (primary N) is 1. The third-order valence-corrected chi connectivity index (χ3v) is 3.24. The molecule has 0 radical (unpaired) electrons. The smallest absolute Gasteiger partial charge is 0.128 e. The standard InChI is InChI=1S/C13H19FN2O/c1-10-9-17-7-6-16(10)8-13(15)11-4-2-3-5-12(11)14/h2-5,10,13H,6-9,15H2,1H3. The molecule has 0 spiro atoms. The molecule has 1 aromatic rings. The summed E-state index contributed by atoms with van der Waals surface area (Å²) in [6.07, 6.45) is 0. The molecule has 2 atom stereocenters. The third kappa shape index (κ3) is 3.03. The molecule has 1 aliphatic rings. The Kier molecular flexibility index (Phi) is 4.10. The third-order valence-electron chi connectivity index (χ3n) is 3.24. The van der Waals surface area contributed by atoms with Gasteiger partial charge in [0, 0.05) is 30.7 Å². The van der Waals surface area contributed by atoms with Gasteiger partial charge in [-0.25, -0.2) is 4.39 Å². The summed E-state index contributed by atoms with van der Waals surface area (Å²) in [5, 5.41) is 0. The molecule has 2 rings (SSSR count). The molecule has 17 heavy (non-hydrogen) atoms. The molecule has 1 heterocycles. The Labute approximate surface area is 101 Å². The van der Waals surface area contributed by atoms with E-state index in [9.17, 15) is 4.39 Å². The number of hydrogen-bond acceptors (Lipinski definition) is 3. The molecule has 1 aromatic carbocycles. The predicted molar refractivity (Wildman–Crippen MR) is 65.2 cm³/mol. The van der Waals surface area contributed by atoms with Crippen LogP contribution in [0.25, 0.3) is 0 Å². The molecule has 1 aliphatic heterocycles. The fraction of sp³-hybridized carbons (Fsp3) is 0.538. The summed E-state index contributed by atoms with van der Waals surface area (Å²) in [7, 11) is 0. The van der Waals surface area contributed by atoms with Crippen LogP contribution in [0, 0.1) is 5.82 Å². The summed E-state index contributed by atoms with van der Waals surface area (Å²) in [5.41, 5.74) is 6.66. The van der Waals surface area contributed by atoms with Crippen LogP contribution in [0.3, 0.4) is 0 Å². The Morgan fingerprint density at radius 2 is 2.29 bits per heavy atom. The number of morpholine rings is 1. The number of benzene rings is 1. The first-order valence-electron chi connectivity index (χ1n) is 6.00. The Hall–Kier alpha value is -0.970. The van der Waals surface area contributed by atoms with Crippen molar-refractivity contribution in [3.8, 4) is 0 Å². The highest BCUT2D eigenvalue weighted by Gasteiger charge is 2.22. The van der Waals surface area contributed by atoms with E-state index in [1.807, 2.05) is 6.07 Å². The minimum Gasteiger partial charge on any atom is -0.379 e. The van der Waals surface area contributed by atoms with Gasteiger partial charge in [-0.05, 0) is 13.0 Å². The second-order valence-electron chi connectivity index (χ2n) is 4.55. The molecule has 0 aromatic heterocycles. The van der Waals surface area contributed by atoms with Gasteiger partial charge in [-0.15, -0.1) is 0 Å². The number of rotatable bonds is 3. The van der Waals surface area contributed by atoms with Gasteiger partial charge in [-0.1, -0.05) is 18.2 Å². The molecule has 1 saturated heterocycles. The Morgan fingerprint density at radius 1 is 1.53 bits per heavy atom. The van der Waals surface area contributed by atoms with Crippen LogP contribution in [-0.4, -0.2) is 37.2 Å². The van der Waals surface area contributed by atoms with Crippen LogP contribution in [0.1, 0.15) is 18.5 Å². The van der Waals surface area contributed by atoms with Gasteiger partial charge in [0.2, 0.25) is 0 Å². The molecule has 3 nitrogen and oxygen atoms in total. The highest BCUT2D eigenvalue weighted by atomic mass is 19.1. The first-order valence-corrected chi connectivity index (χ1v) is 6.00. The topological polar surface area (TPSA) is 38.5 Å². The Bertz CT molecular complexity index is 372. The van der Waals surface area contributed by atoms with Gasteiger partial charge in [0.15, 0.2) is 0 Å². The summed E-state index contributed by atoms with van der Waals surface area (Å²) in [4.78, 5) is 2.25. The molecule has 2 unspecified atom stereocenters. The van der Waals surface area contributed by atoms with E-state index in [0.29, 0.717) is 18.2 Å². The maximum atomic E-state index is 13.6.